The van der Waals surface area contributed by atoms with Crippen molar-refractivity contribution in [2.24, 2.45) is 0 Å². The summed E-state index contributed by atoms with van der Waals surface area (Å²) in [6.45, 7) is 2.36. The number of esters is 2. The number of hydrogen-bond acceptors (Lipinski definition) is 9. The van der Waals surface area contributed by atoms with Crippen LogP contribution in [-0.4, -0.2) is 70.1 Å². The molecule has 0 unspecified atom stereocenters. The molecule has 0 saturated carbocycles. The van der Waals surface area contributed by atoms with Gasteiger partial charge < -0.3 is 28.4 Å². The Kier molecular flexibility index (Phi) is 7.73. The molecule has 1 fully saturated rings. The third-order valence-corrected chi connectivity index (χ3v) is 4.82. The summed E-state index contributed by atoms with van der Waals surface area (Å²) < 4.78 is 31.9. The summed E-state index contributed by atoms with van der Waals surface area (Å²) in [7, 11) is 5.71. The van der Waals surface area contributed by atoms with Crippen LogP contribution in [0.5, 0.6) is 17.2 Å². The van der Waals surface area contributed by atoms with Crippen LogP contribution in [0.3, 0.4) is 0 Å². The van der Waals surface area contributed by atoms with Crippen LogP contribution < -0.4 is 14.2 Å². The van der Waals surface area contributed by atoms with Gasteiger partial charge in [0.2, 0.25) is 0 Å². The predicted molar refractivity (Wildman–Crippen MR) is 104 cm³/mol. The van der Waals surface area contributed by atoms with E-state index in [1.807, 2.05) is 0 Å². The fourth-order valence-electron chi connectivity index (χ4n) is 3.62. The van der Waals surface area contributed by atoms with Crippen molar-refractivity contribution < 1.29 is 42.8 Å². The highest BCUT2D eigenvalue weighted by atomic mass is 16.6. The van der Waals surface area contributed by atoms with Gasteiger partial charge >= 0.3 is 18.0 Å². The van der Waals surface area contributed by atoms with Gasteiger partial charge in [0.05, 0.1) is 40.0 Å². The molecule has 0 aliphatic carbocycles. The topological polar surface area (TPSA) is 110 Å². The van der Waals surface area contributed by atoms with E-state index in [-0.39, 0.29) is 13.0 Å². The minimum atomic E-state index is -0.758. The maximum Gasteiger partial charge on any atom is 0.410 e. The van der Waals surface area contributed by atoms with Crippen LogP contribution in [-0.2, 0) is 23.8 Å². The number of rotatable bonds is 7. The minimum Gasteiger partial charge on any atom is -0.496 e. The molecule has 0 N–H and O–H groups in total. The van der Waals surface area contributed by atoms with E-state index in [1.165, 1.54) is 47.2 Å². The van der Waals surface area contributed by atoms with E-state index in [4.69, 9.17) is 28.4 Å². The van der Waals surface area contributed by atoms with Gasteiger partial charge in [-0.15, -0.1) is 0 Å². The van der Waals surface area contributed by atoms with Crippen molar-refractivity contribution in [3.8, 4) is 17.2 Å². The third-order valence-electron chi connectivity index (χ3n) is 4.82. The number of carbonyl (C=O) groups is 3. The smallest absolute Gasteiger partial charge is 0.410 e. The molecule has 1 aliphatic heterocycles. The van der Waals surface area contributed by atoms with Gasteiger partial charge in [-0.2, -0.15) is 0 Å². The molecule has 3 atom stereocenters. The Balaban J connectivity index is 2.60. The Hall–Kier alpha value is -3.17. The van der Waals surface area contributed by atoms with Crippen molar-refractivity contribution in [1.29, 1.82) is 0 Å². The van der Waals surface area contributed by atoms with Crippen LogP contribution in [0.2, 0.25) is 0 Å². The second kappa shape index (κ2) is 10.0. The Morgan fingerprint density at radius 1 is 0.967 bits per heavy atom. The predicted octanol–water partition coefficient (Wildman–Crippen LogP) is 2.09. The van der Waals surface area contributed by atoms with Gasteiger partial charge in [-0.05, 0) is 0 Å². The minimum absolute atomic E-state index is 0.167. The third kappa shape index (κ3) is 4.87. The van der Waals surface area contributed by atoms with Crippen LogP contribution in [0.1, 0.15) is 31.9 Å². The maximum atomic E-state index is 12.7. The van der Waals surface area contributed by atoms with Crippen molar-refractivity contribution in [3.63, 3.8) is 0 Å². The van der Waals surface area contributed by atoms with Crippen LogP contribution in [0.25, 0.3) is 0 Å². The van der Waals surface area contributed by atoms with Gasteiger partial charge in [0.15, 0.2) is 0 Å². The zero-order valence-corrected chi connectivity index (χ0v) is 17.9. The zero-order valence-electron chi connectivity index (χ0n) is 17.9. The number of amides is 1. The van der Waals surface area contributed by atoms with Gasteiger partial charge in [-0.3, -0.25) is 14.5 Å². The van der Waals surface area contributed by atoms with E-state index in [0.717, 1.165) is 0 Å². The molecule has 0 aromatic heterocycles. The van der Waals surface area contributed by atoms with Crippen LogP contribution in [0, 0.1) is 0 Å². The Morgan fingerprint density at radius 2 is 1.57 bits per heavy atom. The molecule has 30 heavy (non-hydrogen) atoms. The first kappa shape index (κ1) is 23.1. The van der Waals surface area contributed by atoms with Gasteiger partial charge in [-0.1, -0.05) is 0 Å². The maximum absolute atomic E-state index is 12.7. The van der Waals surface area contributed by atoms with Gasteiger partial charge in [0.1, 0.15) is 36.0 Å². The quantitative estimate of drug-likeness (QED) is 0.479. The molecule has 1 aromatic rings. The lowest BCUT2D eigenvalue weighted by molar-refractivity contribution is -0.150. The van der Waals surface area contributed by atoms with E-state index in [0.29, 0.717) is 22.8 Å². The lowest BCUT2D eigenvalue weighted by Crippen LogP contribution is -2.45. The van der Waals surface area contributed by atoms with Gasteiger partial charge in [-0.25, -0.2) is 4.79 Å². The average molecular weight is 425 g/mol. The van der Waals surface area contributed by atoms with Crippen molar-refractivity contribution in [2.45, 2.75) is 38.5 Å². The zero-order chi connectivity index (χ0) is 22.4. The van der Waals surface area contributed by atoms with Crippen LogP contribution in [0.4, 0.5) is 4.79 Å². The fraction of sp³-hybridized carbons (Fsp3) is 0.550. The largest absolute Gasteiger partial charge is 0.496 e. The molecule has 2 rings (SSSR count). The van der Waals surface area contributed by atoms with E-state index < -0.39 is 36.2 Å². The molecule has 10 nitrogen and oxygen atoms in total. The molecule has 0 bridgehead atoms. The van der Waals surface area contributed by atoms with Gasteiger partial charge in [0.25, 0.3) is 0 Å². The second-order valence-corrected chi connectivity index (χ2v) is 6.59. The number of hydrogen-bond donors (Lipinski definition) is 0. The summed E-state index contributed by atoms with van der Waals surface area (Å²) in [4.78, 5) is 37.2. The number of likely N-dealkylation sites (tertiary alicyclic amines) is 1. The molecule has 1 amide bonds. The molecule has 1 heterocycles. The Morgan fingerprint density at radius 3 is 2.00 bits per heavy atom. The fourth-order valence-corrected chi connectivity index (χ4v) is 3.62. The molecule has 1 aromatic carbocycles. The SMILES string of the molecule is COC(=O)N1[C@@H](c2c(OC)cc(OC)cc2OC)C[C@H](OC(C)=O)[C@H]1COC(C)=O. The summed E-state index contributed by atoms with van der Waals surface area (Å²) in [6, 6.07) is 1.92. The van der Waals surface area contributed by atoms with E-state index in [2.05, 4.69) is 0 Å². The van der Waals surface area contributed by atoms with E-state index in [1.54, 1.807) is 12.1 Å². The molecular formula is C20H27NO9. The lowest BCUT2D eigenvalue weighted by atomic mass is 10.0. The monoisotopic (exact) mass is 425 g/mol. The first-order valence-corrected chi connectivity index (χ1v) is 9.24. The highest BCUT2D eigenvalue weighted by Crippen LogP contribution is 2.47. The summed E-state index contributed by atoms with van der Waals surface area (Å²) in [5.74, 6) is 0.291. The molecule has 0 radical (unpaired) electrons. The van der Waals surface area contributed by atoms with Crippen LogP contribution in [0.15, 0.2) is 12.1 Å². The second-order valence-electron chi connectivity index (χ2n) is 6.59. The summed E-state index contributed by atoms with van der Waals surface area (Å²) >= 11 is 0. The van der Waals surface area contributed by atoms with Gasteiger partial charge in [0, 0.05) is 32.4 Å². The van der Waals surface area contributed by atoms with E-state index in [9.17, 15) is 14.4 Å². The lowest BCUT2D eigenvalue weighted by Gasteiger charge is -2.31. The van der Waals surface area contributed by atoms with Crippen molar-refractivity contribution in [3.05, 3.63) is 17.7 Å². The number of methoxy groups -OCH3 is 4. The molecule has 0 spiro atoms. The van der Waals surface area contributed by atoms with E-state index >= 15 is 0 Å². The number of ether oxygens (including phenoxy) is 6. The average Bonchev–Trinajstić information content (AvgIpc) is 3.07. The summed E-state index contributed by atoms with van der Waals surface area (Å²) in [5, 5.41) is 0. The van der Waals surface area contributed by atoms with Crippen LogP contribution >= 0.6 is 0 Å². The molecule has 166 valence electrons. The molecular weight excluding hydrogens is 398 g/mol. The first-order valence-electron chi connectivity index (χ1n) is 9.24. The standard InChI is InChI=1S/C20H27NO9/c1-11(22)29-10-15-16(30-12(2)23)9-14(21(15)20(24)28-6)19-17(26-4)7-13(25-3)8-18(19)27-5/h7-8,14-16H,9-10H2,1-6H3/t14-,15-,16+/m1/s1. The Labute approximate surface area is 174 Å². The van der Waals surface area contributed by atoms with Crippen molar-refractivity contribution >= 4 is 18.0 Å². The number of nitrogens with zero attached hydrogens (tertiary/aromatic N) is 1. The Bertz CT molecular complexity index is 769. The highest BCUT2D eigenvalue weighted by molar-refractivity contribution is 5.71. The first-order chi connectivity index (χ1) is 14.3. The molecule has 1 saturated heterocycles. The number of carbonyl (C=O) groups excluding carboxylic acids is 3. The number of benzene rings is 1. The highest BCUT2D eigenvalue weighted by Gasteiger charge is 2.49. The van der Waals surface area contributed by atoms with Crippen molar-refractivity contribution in [1.82, 2.24) is 4.90 Å². The summed E-state index contributed by atoms with van der Waals surface area (Å²) in [5.41, 5.74) is 0.550. The van der Waals surface area contributed by atoms with Crippen molar-refractivity contribution in [2.75, 3.05) is 35.0 Å². The normalized spacial score (nSPS) is 20.3. The molecule has 1 aliphatic rings. The molecule has 10 heteroatoms. The summed E-state index contributed by atoms with van der Waals surface area (Å²) in [6.07, 6.45) is -1.19.